The number of primary amides is 1. The average Bonchev–Trinajstić information content (AvgIpc) is 2.90. The molecule has 2 aromatic carbocycles. The van der Waals surface area contributed by atoms with Crippen LogP contribution in [-0.4, -0.2) is 18.0 Å². The number of nitrogens with two attached hydrogens (primary N) is 2. The Balaban J connectivity index is 2.25. The van der Waals surface area contributed by atoms with Gasteiger partial charge in [0.25, 0.3) is 0 Å². The highest BCUT2D eigenvalue weighted by atomic mass is 35.5. The monoisotopic (exact) mass is 437 g/mol. The van der Waals surface area contributed by atoms with E-state index in [1.807, 2.05) is 12.1 Å². The molecule has 4 atom stereocenters. The Kier molecular flexibility index (Phi) is 5.98. The van der Waals surface area contributed by atoms with Gasteiger partial charge in [-0.2, -0.15) is 0 Å². The highest BCUT2D eigenvalue weighted by Gasteiger charge is 2.57. The lowest BCUT2D eigenvalue weighted by Gasteiger charge is -2.39. The maximum absolute atomic E-state index is 15.1. The lowest BCUT2D eigenvalue weighted by molar-refractivity contribution is -0.120. The van der Waals surface area contributed by atoms with Crippen LogP contribution in [0.5, 0.6) is 0 Å². The van der Waals surface area contributed by atoms with Crippen molar-refractivity contribution in [3.8, 4) is 0 Å². The SMILES string of the molecule is CC(C)(C)C[C@@H]1N[C@@H](C(N)=O)[C@H](c2cccc(Cl)c2F)[C@@]1(N)c1ccc(Cl)cc1. The van der Waals surface area contributed by atoms with Crippen LogP contribution in [0.15, 0.2) is 42.5 Å². The van der Waals surface area contributed by atoms with Gasteiger partial charge >= 0.3 is 0 Å². The van der Waals surface area contributed by atoms with E-state index in [0.717, 1.165) is 5.56 Å². The molecule has 0 aliphatic carbocycles. The zero-order valence-electron chi connectivity index (χ0n) is 16.7. The first-order chi connectivity index (χ1) is 13.4. The molecular formula is C22H26Cl2FN3O. The standard InChI is InChI=1S/C22H26Cl2FN3O/c1-21(2,3)11-16-22(27,12-7-9-13(23)10-8-12)17(19(28-16)20(26)29)14-5-4-6-15(24)18(14)25/h4-10,16-17,19,28H,11,27H2,1-3H3,(H2,26,29)/t16-,17-,19+,22+/m0/s1. The van der Waals surface area contributed by atoms with Crippen molar-refractivity contribution >= 4 is 29.1 Å². The molecule has 1 saturated heterocycles. The summed E-state index contributed by atoms with van der Waals surface area (Å²) in [6.07, 6.45) is 0.647. The van der Waals surface area contributed by atoms with Gasteiger partial charge in [-0.1, -0.05) is 68.2 Å². The largest absolute Gasteiger partial charge is 0.368 e. The third-order valence-corrected chi connectivity index (χ3v) is 6.13. The van der Waals surface area contributed by atoms with E-state index in [1.165, 1.54) is 6.07 Å². The number of rotatable bonds is 4. The van der Waals surface area contributed by atoms with Crippen molar-refractivity contribution in [3.05, 3.63) is 69.5 Å². The van der Waals surface area contributed by atoms with Crippen LogP contribution in [0.25, 0.3) is 0 Å². The molecule has 2 aromatic rings. The van der Waals surface area contributed by atoms with Crippen molar-refractivity contribution in [3.63, 3.8) is 0 Å². The molecule has 0 unspecified atom stereocenters. The molecule has 4 nitrogen and oxygen atoms in total. The van der Waals surface area contributed by atoms with Crippen LogP contribution in [-0.2, 0) is 10.3 Å². The summed E-state index contributed by atoms with van der Waals surface area (Å²) < 4.78 is 15.1. The predicted molar refractivity (Wildman–Crippen MR) is 115 cm³/mol. The van der Waals surface area contributed by atoms with Crippen LogP contribution < -0.4 is 16.8 Å². The third kappa shape index (κ3) is 4.15. The zero-order chi connectivity index (χ0) is 21.6. The fourth-order valence-electron chi connectivity index (χ4n) is 4.35. The van der Waals surface area contributed by atoms with E-state index in [4.69, 9.17) is 34.7 Å². The summed E-state index contributed by atoms with van der Waals surface area (Å²) in [5.74, 6) is -1.92. The summed E-state index contributed by atoms with van der Waals surface area (Å²) in [6.45, 7) is 6.26. The molecule has 7 heteroatoms. The van der Waals surface area contributed by atoms with Crippen molar-refractivity contribution in [2.45, 2.75) is 50.7 Å². The molecule has 0 saturated carbocycles. The maximum Gasteiger partial charge on any atom is 0.235 e. The predicted octanol–water partition coefficient (Wildman–Crippen LogP) is 4.33. The first kappa shape index (κ1) is 22.0. The molecule has 1 aliphatic rings. The Hall–Kier alpha value is -1.66. The lowest BCUT2D eigenvalue weighted by Crippen LogP contribution is -2.52. The van der Waals surface area contributed by atoms with Gasteiger partial charge < -0.3 is 16.8 Å². The van der Waals surface area contributed by atoms with Gasteiger partial charge in [0.15, 0.2) is 0 Å². The molecule has 1 fully saturated rings. The van der Waals surface area contributed by atoms with Crippen molar-refractivity contribution in [2.24, 2.45) is 16.9 Å². The molecule has 0 spiro atoms. The first-order valence-corrected chi connectivity index (χ1v) is 10.2. The smallest absolute Gasteiger partial charge is 0.235 e. The van der Waals surface area contributed by atoms with Crippen molar-refractivity contribution < 1.29 is 9.18 Å². The van der Waals surface area contributed by atoms with Crippen LogP contribution in [0.1, 0.15) is 44.2 Å². The number of hydrogen-bond donors (Lipinski definition) is 3. The van der Waals surface area contributed by atoms with Crippen molar-refractivity contribution in [2.75, 3.05) is 0 Å². The van der Waals surface area contributed by atoms with Crippen LogP contribution in [0.3, 0.4) is 0 Å². The Labute approximate surface area is 180 Å². The fraction of sp³-hybridized carbons (Fsp3) is 0.409. The highest BCUT2D eigenvalue weighted by molar-refractivity contribution is 6.31. The van der Waals surface area contributed by atoms with E-state index in [1.54, 1.807) is 24.3 Å². The van der Waals surface area contributed by atoms with E-state index >= 15 is 4.39 Å². The molecule has 29 heavy (non-hydrogen) atoms. The molecule has 0 aromatic heterocycles. The van der Waals surface area contributed by atoms with Gasteiger partial charge in [-0.05, 0) is 41.2 Å². The first-order valence-electron chi connectivity index (χ1n) is 9.49. The second-order valence-electron chi connectivity index (χ2n) is 8.92. The molecule has 1 aliphatic heterocycles. The molecule has 1 heterocycles. The van der Waals surface area contributed by atoms with E-state index in [9.17, 15) is 4.79 Å². The number of benzene rings is 2. The van der Waals surface area contributed by atoms with Gasteiger partial charge in [0, 0.05) is 17.0 Å². The van der Waals surface area contributed by atoms with E-state index in [2.05, 4.69) is 26.1 Å². The minimum atomic E-state index is -1.11. The Bertz CT molecular complexity index is 913. The average molecular weight is 438 g/mol. The van der Waals surface area contributed by atoms with E-state index < -0.39 is 29.2 Å². The third-order valence-electron chi connectivity index (χ3n) is 5.59. The second kappa shape index (κ2) is 7.88. The topological polar surface area (TPSA) is 81.1 Å². The van der Waals surface area contributed by atoms with Gasteiger partial charge in [-0.25, -0.2) is 4.39 Å². The molecule has 3 rings (SSSR count). The van der Waals surface area contributed by atoms with Crippen molar-refractivity contribution in [1.82, 2.24) is 5.32 Å². The Morgan fingerprint density at radius 3 is 2.34 bits per heavy atom. The molecular weight excluding hydrogens is 412 g/mol. The minimum absolute atomic E-state index is 0.0246. The van der Waals surface area contributed by atoms with Crippen LogP contribution in [0.4, 0.5) is 4.39 Å². The quantitative estimate of drug-likeness (QED) is 0.665. The number of nitrogens with one attached hydrogen (secondary N) is 1. The number of amides is 1. The zero-order valence-corrected chi connectivity index (χ0v) is 18.2. The molecule has 156 valence electrons. The fourth-order valence-corrected chi connectivity index (χ4v) is 4.65. The minimum Gasteiger partial charge on any atom is -0.368 e. The van der Waals surface area contributed by atoms with Crippen molar-refractivity contribution in [1.29, 1.82) is 0 Å². The molecule has 0 radical (unpaired) electrons. The molecule has 5 N–H and O–H groups in total. The van der Waals surface area contributed by atoms with Gasteiger partial charge in [-0.3, -0.25) is 4.79 Å². The summed E-state index contributed by atoms with van der Waals surface area (Å²) in [5.41, 5.74) is 12.6. The van der Waals surface area contributed by atoms with Gasteiger partial charge in [0.1, 0.15) is 5.82 Å². The number of hydrogen-bond acceptors (Lipinski definition) is 3. The summed E-state index contributed by atoms with van der Waals surface area (Å²) in [5, 5.41) is 3.84. The summed E-state index contributed by atoms with van der Waals surface area (Å²) in [7, 11) is 0. The summed E-state index contributed by atoms with van der Waals surface area (Å²) in [6, 6.07) is 10.7. The van der Waals surface area contributed by atoms with Crippen LogP contribution >= 0.6 is 23.2 Å². The maximum atomic E-state index is 15.1. The van der Waals surface area contributed by atoms with E-state index in [-0.39, 0.29) is 22.0 Å². The van der Waals surface area contributed by atoms with Crippen LogP contribution in [0, 0.1) is 11.2 Å². The second-order valence-corrected chi connectivity index (χ2v) is 9.77. The number of halogens is 3. The van der Waals surface area contributed by atoms with Gasteiger partial charge in [0.05, 0.1) is 16.6 Å². The molecule has 0 bridgehead atoms. The highest BCUT2D eigenvalue weighted by Crippen LogP contribution is 2.49. The number of carbonyl (C=O) groups is 1. The summed E-state index contributed by atoms with van der Waals surface area (Å²) in [4.78, 5) is 12.4. The Morgan fingerprint density at radius 1 is 1.17 bits per heavy atom. The van der Waals surface area contributed by atoms with Crippen LogP contribution in [0.2, 0.25) is 10.0 Å². The normalized spacial score (nSPS) is 27.2. The summed E-state index contributed by atoms with van der Waals surface area (Å²) >= 11 is 12.1. The van der Waals surface area contributed by atoms with Gasteiger partial charge in [0.2, 0.25) is 5.91 Å². The lowest BCUT2D eigenvalue weighted by atomic mass is 9.68. The van der Waals surface area contributed by atoms with Gasteiger partial charge in [-0.15, -0.1) is 0 Å². The Morgan fingerprint density at radius 2 is 1.79 bits per heavy atom. The number of carbonyl (C=O) groups excluding carboxylic acids is 1. The molecule has 1 amide bonds. The van der Waals surface area contributed by atoms with E-state index in [0.29, 0.717) is 11.4 Å².